The number of nitrogens with one attached hydrogen (secondary N) is 1. The van der Waals surface area contributed by atoms with E-state index in [2.05, 4.69) is 50.4 Å². The van der Waals surface area contributed by atoms with Gasteiger partial charge >= 0.3 is 0 Å². The van der Waals surface area contributed by atoms with Crippen molar-refractivity contribution < 1.29 is 9.53 Å². The molecule has 1 N–H and O–H groups in total. The number of fused-ring (bicyclic) bond motifs is 1. The van der Waals surface area contributed by atoms with Crippen LogP contribution in [0.1, 0.15) is 68.7 Å². The number of rotatable bonds is 5. The lowest BCUT2D eigenvalue weighted by Gasteiger charge is -2.37. The van der Waals surface area contributed by atoms with Crippen molar-refractivity contribution in [1.29, 1.82) is 0 Å². The van der Waals surface area contributed by atoms with Gasteiger partial charge in [0.2, 0.25) is 5.91 Å². The van der Waals surface area contributed by atoms with Crippen molar-refractivity contribution in [1.82, 2.24) is 5.32 Å². The highest BCUT2D eigenvalue weighted by atomic mass is 16.5. The quantitative estimate of drug-likeness (QED) is 0.812. The van der Waals surface area contributed by atoms with Gasteiger partial charge in [-0.2, -0.15) is 0 Å². The van der Waals surface area contributed by atoms with Gasteiger partial charge in [0, 0.05) is 6.42 Å². The molecular formula is C23H29NO2. The van der Waals surface area contributed by atoms with Gasteiger partial charge in [-0.1, -0.05) is 63.2 Å². The van der Waals surface area contributed by atoms with E-state index < -0.39 is 0 Å². The molecule has 2 unspecified atom stereocenters. The maximum absolute atomic E-state index is 12.7. The smallest absolute Gasteiger partial charge is 0.221 e. The Labute approximate surface area is 156 Å². The highest BCUT2D eigenvalue weighted by Crippen LogP contribution is 2.41. The molecule has 0 radical (unpaired) electrons. The molecule has 26 heavy (non-hydrogen) atoms. The fourth-order valence-electron chi connectivity index (χ4n) is 4.08. The van der Waals surface area contributed by atoms with E-state index in [1.165, 1.54) is 11.1 Å². The van der Waals surface area contributed by atoms with Crippen LogP contribution in [0.3, 0.4) is 0 Å². The molecule has 0 aliphatic heterocycles. The summed E-state index contributed by atoms with van der Waals surface area (Å²) in [6.07, 6.45) is 2.53. The van der Waals surface area contributed by atoms with E-state index in [1.807, 2.05) is 24.3 Å². The zero-order valence-electron chi connectivity index (χ0n) is 16.2. The highest BCUT2D eigenvalue weighted by Gasteiger charge is 2.33. The fraction of sp³-hybridized carbons (Fsp3) is 0.435. The summed E-state index contributed by atoms with van der Waals surface area (Å²) < 4.78 is 5.44. The van der Waals surface area contributed by atoms with Crippen molar-refractivity contribution >= 4 is 5.91 Å². The van der Waals surface area contributed by atoms with Crippen molar-refractivity contribution in [2.24, 2.45) is 0 Å². The van der Waals surface area contributed by atoms with E-state index in [0.29, 0.717) is 6.42 Å². The van der Waals surface area contributed by atoms with E-state index in [0.717, 1.165) is 24.2 Å². The van der Waals surface area contributed by atoms with E-state index in [9.17, 15) is 4.79 Å². The number of hydrogen-bond donors (Lipinski definition) is 1. The molecule has 1 aliphatic rings. The standard InChI is InChI=1S/C23H29NO2/c1-16(17-9-6-8-12-21(17)26-4)15-22(25)24-20-13-14-23(2,3)19-11-7-5-10-18(19)20/h5-12,16,20H,13-15H2,1-4H3,(H,24,25). The van der Waals surface area contributed by atoms with Gasteiger partial charge in [0.1, 0.15) is 5.75 Å². The average molecular weight is 351 g/mol. The van der Waals surface area contributed by atoms with Crippen LogP contribution < -0.4 is 10.1 Å². The molecule has 0 bridgehead atoms. The first kappa shape index (κ1) is 18.5. The van der Waals surface area contributed by atoms with E-state index >= 15 is 0 Å². The van der Waals surface area contributed by atoms with Crippen LogP contribution in [0.4, 0.5) is 0 Å². The number of carbonyl (C=O) groups is 1. The highest BCUT2D eigenvalue weighted by molar-refractivity contribution is 5.77. The van der Waals surface area contributed by atoms with Crippen molar-refractivity contribution in [3.8, 4) is 5.75 Å². The van der Waals surface area contributed by atoms with Crippen LogP contribution in [0.15, 0.2) is 48.5 Å². The number of ether oxygens (including phenoxy) is 1. The zero-order valence-corrected chi connectivity index (χ0v) is 16.2. The summed E-state index contributed by atoms with van der Waals surface area (Å²) in [5, 5.41) is 3.27. The first-order chi connectivity index (χ1) is 12.4. The first-order valence-corrected chi connectivity index (χ1v) is 9.44. The summed E-state index contributed by atoms with van der Waals surface area (Å²) in [6, 6.07) is 16.6. The van der Waals surface area contributed by atoms with Crippen LogP contribution in [0.5, 0.6) is 5.75 Å². The summed E-state index contributed by atoms with van der Waals surface area (Å²) in [5.41, 5.74) is 3.87. The Hall–Kier alpha value is -2.29. The minimum atomic E-state index is 0.0999. The van der Waals surface area contributed by atoms with Gasteiger partial charge in [0.15, 0.2) is 0 Å². The average Bonchev–Trinajstić information content (AvgIpc) is 2.64. The summed E-state index contributed by atoms with van der Waals surface area (Å²) in [5.74, 6) is 1.06. The Morgan fingerprint density at radius 1 is 1.19 bits per heavy atom. The van der Waals surface area contributed by atoms with Crippen molar-refractivity contribution in [3.05, 3.63) is 65.2 Å². The monoisotopic (exact) mass is 351 g/mol. The third-order valence-electron chi connectivity index (χ3n) is 5.62. The van der Waals surface area contributed by atoms with Gasteiger partial charge in [-0.05, 0) is 46.9 Å². The zero-order chi connectivity index (χ0) is 18.7. The maximum Gasteiger partial charge on any atom is 0.221 e. The minimum absolute atomic E-state index is 0.0999. The number of para-hydroxylation sites is 1. The largest absolute Gasteiger partial charge is 0.496 e. The third kappa shape index (κ3) is 3.77. The molecule has 2 aromatic rings. The van der Waals surface area contributed by atoms with Gasteiger partial charge in [-0.25, -0.2) is 0 Å². The third-order valence-corrected chi connectivity index (χ3v) is 5.62. The second-order valence-corrected chi connectivity index (χ2v) is 7.98. The lowest BCUT2D eigenvalue weighted by molar-refractivity contribution is -0.122. The molecule has 2 atom stereocenters. The Morgan fingerprint density at radius 3 is 2.65 bits per heavy atom. The topological polar surface area (TPSA) is 38.3 Å². The predicted octanol–water partition coefficient (Wildman–Crippen LogP) is 5.12. The maximum atomic E-state index is 12.7. The second-order valence-electron chi connectivity index (χ2n) is 7.98. The number of benzene rings is 2. The van der Waals surface area contributed by atoms with Gasteiger partial charge in [0.25, 0.3) is 0 Å². The second kappa shape index (κ2) is 7.53. The molecule has 1 amide bonds. The van der Waals surface area contributed by atoms with Crippen LogP contribution >= 0.6 is 0 Å². The normalized spacial score (nSPS) is 19.3. The lowest BCUT2D eigenvalue weighted by Crippen LogP contribution is -2.36. The molecule has 0 saturated heterocycles. The summed E-state index contributed by atoms with van der Waals surface area (Å²) in [4.78, 5) is 12.7. The van der Waals surface area contributed by atoms with Crippen molar-refractivity contribution in [2.75, 3.05) is 7.11 Å². The van der Waals surface area contributed by atoms with Crippen LogP contribution in [0.25, 0.3) is 0 Å². The number of hydrogen-bond acceptors (Lipinski definition) is 2. The van der Waals surface area contributed by atoms with E-state index in [-0.39, 0.29) is 23.3 Å². The molecular weight excluding hydrogens is 322 g/mol. The lowest BCUT2D eigenvalue weighted by atomic mass is 9.71. The SMILES string of the molecule is COc1ccccc1C(C)CC(=O)NC1CCC(C)(C)c2ccccc21. The summed E-state index contributed by atoms with van der Waals surface area (Å²) >= 11 is 0. The Bertz CT molecular complexity index is 781. The van der Waals surface area contributed by atoms with Gasteiger partial charge in [-0.3, -0.25) is 4.79 Å². The molecule has 0 fully saturated rings. The molecule has 3 nitrogen and oxygen atoms in total. The number of amides is 1. The van der Waals surface area contributed by atoms with Crippen LogP contribution in [0.2, 0.25) is 0 Å². The molecule has 0 saturated carbocycles. The molecule has 1 aliphatic carbocycles. The Balaban J connectivity index is 1.71. The molecule has 0 aromatic heterocycles. The van der Waals surface area contributed by atoms with Gasteiger partial charge in [0.05, 0.1) is 13.2 Å². The fourth-order valence-corrected chi connectivity index (χ4v) is 4.08. The Kier molecular flexibility index (Phi) is 5.36. The molecule has 2 aromatic carbocycles. The molecule has 138 valence electrons. The van der Waals surface area contributed by atoms with Gasteiger partial charge in [-0.15, -0.1) is 0 Å². The molecule has 0 heterocycles. The van der Waals surface area contributed by atoms with E-state index in [1.54, 1.807) is 7.11 Å². The molecule has 3 heteroatoms. The molecule has 3 rings (SSSR count). The van der Waals surface area contributed by atoms with Gasteiger partial charge < -0.3 is 10.1 Å². The van der Waals surface area contributed by atoms with Crippen LogP contribution in [0, 0.1) is 0 Å². The molecule has 0 spiro atoms. The van der Waals surface area contributed by atoms with E-state index in [4.69, 9.17) is 4.74 Å². The minimum Gasteiger partial charge on any atom is -0.496 e. The Morgan fingerprint density at radius 2 is 1.88 bits per heavy atom. The van der Waals surface area contributed by atoms with Crippen molar-refractivity contribution in [3.63, 3.8) is 0 Å². The predicted molar refractivity (Wildman–Crippen MR) is 106 cm³/mol. The van der Waals surface area contributed by atoms with Crippen molar-refractivity contribution in [2.45, 2.75) is 57.4 Å². The summed E-state index contributed by atoms with van der Waals surface area (Å²) in [7, 11) is 1.67. The number of carbonyl (C=O) groups excluding carboxylic acids is 1. The van der Waals surface area contributed by atoms with Crippen LogP contribution in [-0.4, -0.2) is 13.0 Å². The summed E-state index contributed by atoms with van der Waals surface area (Å²) in [6.45, 7) is 6.65. The first-order valence-electron chi connectivity index (χ1n) is 9.44. The van der Waals surface area contributed by atoms with Crippen LogP contribution in [-0.2, 0) is 10.2 Å². The number of methoxy groups -OCH3 is 1.